The van der Waals surface area contributed by atoms with Gasteiger partial charge in [-0.3, -0.25) is 0 Å². The molecule has 0 bridgehead atoms. The fraction of sp³-hybridized carbons (Fsp3) is 0.583. The quantitative estimate of drug-likeness (QED) is 0.849. The Labute approximate surface area is 110 Å². The number of nitrogens with zero attached hydrogens (tertiary/aromatic N) is 3. The molecule has 2 fully saturated rings. The second kappa shape index (κ2) is 4.91. The van der Waals surface area contributed by atoms with Crippen LogP contribution in [0.15, 0.2) is 12.3 Å². The van der Waals surface area contributed by atoms with Crippen molar-refractivity contribution >= 4 is 12.0 Å². The van der Waals surface area contributed by atoms with E-state index in [1.54, 1.807) is 12.3 Å². The third-order valence-corrected chi connectivity index (χ3v) is 3.24. The van der Waals surface area contributed by atoms with Crippen molar-refractivity contribution in [1.82, 2.24) is 14.9 Å². The number of aromatic nitrogens is 2. The number of carbonyl (C=O) groups is 1. The summed E-state index contributed by atoms with van der Waals surface area (Å²) in [5.74, 6) is 1.07. The van der Waals surface area contributed by atoms with E-state index in [4.69, 9.17) is 9.84 Å². The highest BCUT2D eigenvalue weighted by molar-refractivity contribution is 5.65. The number of nitrogens with one attached hydrogen (secondary N) is 1. The molecule has 1 saturated heterocycles. The van der Waals surface area contributed by atoms with Crippen molar-refractivity contribution in [3.63, 3.8) is 0 Å². The summed E-state index contributed by atoms with van der Waals surface area (Å²) in [6.45, 7) is 0.906. The molecule has 1 atom stereocenters. The maximum Gasteiger partial charge on any atom is 0.407 e. The molecule has 1 unspecified atom stereocenters. The van der Waals surface area contributed by atoms with Crippen molar-refractivity contribution in [1.29, 1.82) is 0 Å². The second-order valence-electron chi connectivity index (χ2n) is 4.89. The minimum absolute atomic E-state index is 0.125. The summed E-state index contributed by atoms with van der Waals surface area (Å²) in [5.41, 5.74) is 0. The van der Waals surface area contributed by atoms with Gasteiger partial charge in [0.05, 0.1) is 6.54 Å². The highest BCUT2D eigenvalue weighted by Crippen LogP contribution is 2.24. The van der Waals surface area contributed by atoms with Crippen LogP contribution in [0.2, 0.25) is 0 Å². The van der Waals surface area contributed by atoms with Gasteiger partial charge in [-0.25, -0.2) is 9.78 Å². The van der Waals surface area contributed by atoms with E-state index in [0.717, 1.165) is 12.8 Å². The Hall–Kier alpha value is -2.05. The smallest absolute Gasteiger partial charge is 0.407 e. The van der Waals surface area contributed by atoms with Crippen LogP contribution >= 0.6 is 0 Å². The highest BCUT2D eigenvalue weighted by atomic mass is 16.5. The average Bonchev–Trinajstić information content (AvgIpc) is 3.05. The molecule has 1 aliphatic heterocycles. The maximum absolute atomic E-state index is 10.8. The Morgan fingerprint density at radius 1 is 1.47 bits per heavy atom. The Balaban J connectivity index is 1.58. The second-order valence-corrected chi connectivity index (χ2v) is 4.89. The van der Waals surface area contributed by atoms with E-state index in [1.807, 2.05) is 0 Å². The van der Waals surface area contributed by atoms with Gasteiger partial charge in [0.2, 0.25) is 11.8 Å². The lowest BCUT2D eigenvalue weighted by atomic mass is 10.3. The lowest BCUT2D eigenvalue weighted by Gasteiger charge is -2.14. The fourth-order valence-corrected chi connectivity index (χ4v) is 2.06. The van der Waals surface area contributed by atoms with Gasteiger partial charge in [-0.05, 0) is 12.8 Å². The van der Waals surface area contributed by atoms with Crippen LogP contribution in [0, 0.1) is 0 Å². The lowest BCUT2D eigenvalue weighted by molar-refractivity contribution is 0.144. The monoisotopic (exact) mass is 264 g/mol. The predicted molar refractivity (Wildman–Crippen MR) is 67.3 cm³/mol. The zero-order chi connectivity index (χ0) is 13.2. The first-order valence-corrected chi connectivity index (χ1v) is 6.45. The van der Waals surface area contributed by atoms with E-state index in [9.17, 15) is 4.79 Å². The number of carboxylic acid groups (broad SMARTS) is 1. The molecule has 3 rings (SSSR count). The normalized spacial score (nSPS) is 22.3. The van der Waals surface area contributed by atoms with Crippen LogP contribution in [-0.4, -0.2) is 51.3 Å². The van der Waals surface area contributed by atoms with Crippen molar-refractivity contribution in [2.75, 3.05) is 18.4 Å². The highest BCUT2D eigenvalue weighted by Gasteiger charge is 2.28. The molecule has 2 aliphatic rings. The van der Waals surface area contributed by atoms with Crippen LogP contribution in [0.4, 0.5) is 10.7 Å². The van der Waals surface area contributed by atoms with E-state index in [1.165, 1.54) is 4.90 Å². The third kappa shape index (κ3) is 3.04. The Morgan fingerprint density at radius 2 is 2.32 bits per heavy atom. The molecule has 1 amide bonds. The molecular formula is C12H16N4O3. The van der Waals surface area contributed by atoms with Crippen molar-refractivity contribution < 1.29 is 14.6 Å². The summed E-state index contributed by atoms with van der Waals surface area (Å²) in [7, 11) is 0. The zero-order valence-corrected chi connectivity index (χ0v) is 10.5. The van der Waals surface area contributed by atoms with Crippen LogP contribution in [0.5, 0.6) is 5.88 Å². The van der Waals surface area contributed by atoms with Gasteiger partial charge in [0.25, 0.3) is 0 Å². The molecule has 0 radical (unpaired) electrons. The molecule has 2 heterocycles. The Morgan fingerprint density at radius 3 is 3.00 bits per heavy atom. The molecule has 102 valence electrons. The Kier molecular flexibility index (Phi) is 3.10. The largest absolute Gasteiger partial charge is 0.472 e. The first kappa shape index (κ1) is 12.0. The number of ether oxygens (including phenoxy) is 1. The summed E-state index contributed by atoms with van der Waals surface area (Å²) >= 11 is 0. The maximum atomic E-state index is 10.8. The van der Waals surface area contributed by atoms with Gasteiger partial charge in [-0.15, -0.1) is 0 Å². The van der Waals surface area contributed by atoms with Crippen molar-refractivity contribution in [3.8, 4) is 5.88 Å². The lowest BCUT2D eigenvalue weighted by Crippen LogP contribution is -2.29. The minimum Gasteiger partial charge on any atom is -0.472 e. The average molecular weight is 264 g/mol. The molecule has 7 nitrogen and oxygen atoms in total. The third-order valence-electron chi connectivity index (χ3n) is 3.24. The van der Waals surface area contributed by atoms with Crippen molar-refractivity contribution in [3.05, 3.63) is 12.3 Å². The van der Waals surface area contributed by atoms with Gasteiger partial charge in [0, 0.05) is 31.3 Å². The molecule has 1 aromatic rings. The predicted octanol–water partition coefficient (Wildman–Crippen LogP) is 1.18. The molecule has 0 aromatic carbocycles. The summed E-state index contributed by atoms with van der Waals surface area (Å²) < 4.78 is 5.70. The van der Waals surface area contributed by atoms with Crippen molar-refractivity contribution in [2.45, 2.75) is 31.4 Å². The van der Waals surface area contributed by atoms with Gasteiger partial charge in [0.1, 0.15) is 6.10 Å². The number of anilines is 1. The van der Waals surface area contributed by atoms with E-state index < -0.39 is 6.09 Å². The fourth-order valence-electron chi connectivity index (χ4n) is 2.06. The SMILES string of the molecule is O=C(O)N1CCC(Oc2ccnc(NC3CC3)n2)C1. The number of likely N-dealkylation sites (tertiary alicyclic amines) is 1. The first-order valence-electron chi connectivity index (χ1n) is 6.45. The topological polar surface area (TPSA) is 87.6 Å². The Bertz CT molecular complexity index is 478. The molecular weight excluding hydrogens is 248 g/mol. The van der Waals surface area contributed by atoms with Gasteiger partial charge < -0.3 is 20.1 Å². The summed E-state index contributed by atoms with van der Waals surface area (Å²) in [6.07, 6.45) is 3.64. The zero-order valence-electron chi connectivity index (χ0n) is 10.5. The van der Waals surface area contributed by atoms with Gasteiger partial charge in [0.15, 0.2) is 0 Å². The van der Waals surface area contributed by atoms with Gasteiger partial charge in [-0.1, -0.05) is 0 Å². The first-order chi connectivity index (χ1) is 9.20. The van der Waals surface area contributed by atoms with E-state index in [0.29, 0.717) is 37.4 Å². The van der Waals surface area contributed by atoms with E-state index >= 15 is 0 Å². The molecule has 1 aliphatic carbocycles. The summed E-state index contributed by atoms with van der Waals surface area (Å²) in [5, 5.41) is 12.1. The van der Waals surface area contributed by atoms with Crippen LogP contribution in [0.3, 0.4) is 0 Å². The van der Waals surface area contributed by atoms with Gasteiger partial charge in [-0.2, -0.15) is 4.98 Å². The molecule has 19 heavy (non-hydrogen) atoms. The molecule has 1 aromatic heterocycles. The molecule has 1 saturated carbocycles. The van der Waals surface area contributed by atoms with Crippen LogP contribution in [0.1, 0.15) is 19.3 Å². The number of hydrogen-bond acceptors (Lipinski definition) is 5. The van der Waals surface area contributed by atoms with Crippen LogP contribution < -0.4 is 10.1 Å². The standard InChI is InChI=1S/C12H16N4O3/c17-12(18)16-6-4-9(7-16)19-10-3-5-13-11(15-10)14-8-1-2-8/h3,5,8-9H,1-2,4,6-7H2,(H,17,18)(H,13,14,15). The number of amides is 1. The van der Waals surface area contributed by atoms with E-state index in [-0.39, 0.29) is 6.10 Å². The van der Waals surface area contributed by atoms with E-state index in [2.05, 4.69) is 15.3 Å². The molecule has 2 N–H and O–H groups in total. The number of rotatable bonds is 4. The van der Waals surface area contributed by atoms with Gasteiger partial charge >= 0.3 is 6.09 Å². The van der Waals surface area contributed by atoms with Crippen LogP contribution in [0.25, 0.3) is 0 Å². The van der Waals surface area contributed by atoms with Crippen molar-refractivity contribution in [2.24, 2.45) is 0 Å². The van der Waals surface area contributed by atoms with Crippen LogP contribution in [-0.2, 0) is 0 Å². The summed E-state index contributed by atoms with van der Waals surface area (Å²) in [4.78, 5) is 20.6. The number of hydrogen-bond donors (Lipinski definition) is 2. The molecule has 0 spiro atoms. The molecule has 7 heteroatoms. The summed E-state index contributed by atoms with van der Waals surface area (Å²) in [6, 6.07) is 2.19. The minimum atomic E-state index is -0.898.